The Morgan fingerprint density at radius 2 is 1.86 bits per heavy atom. The van der Waals surface area contributed by atoms with E-state index in [0.29, 0.717) is 13.2 Å². The molecule has 0 atom stereocenters. The van der Waals surface area contributed by atoms with E-state index in [0.717, 1.165) is 19.3 Å². The molecule has 0 heterocycles. The van der Waals surface area contributed by atoms with Crippen LogP contribution in [0.5, 0.6) is 0 Å². The van der Waals surface area contributed by atoms with Crippen molar-refractivity contribution in [1.82, 2.24) is 20.9 Å². The summed E-state index contributed by atoms with van der Waals surface area (Å²) in [6, 6.07) is -0.270. The quantitative estimate of drug-likeness (QED) is 0.477. The minimum atomic E-state index is -0.472. The molecule has 0 bridgehead atoms. The van der Waals surface area contributed by atoms with Crippen LogP contribution in [0.3, 0.4) is 0 Å². The van der Waals surface area contributed by atoms with Crippen LogP contribution in [0.25, 0.3) is 0 Å². The first-order valence-corrected chi connectivity index (χ1v) is 7.05. The highest BCUT2D eigenvalue weighted by Crippen LogP contribution is 2.18. The Kier molecular flexibility index (Phi) is 7.70. The number of nitrogens with zero attached hydrogens (tertiary/aromatic N) is 1. The first-order valence-electron chi connectivity index (χ1n) is 7.05. The van der Waals surface area contributed by atoms with Crippen LogP contribution in [0, 0.1) is 0 Å². The van der Waals surface area contributed by atoms with Gasteiger partial charge in [0.05, 0.1) is 13.1 Å². The van der Waals surface area contributed by atoms with Crippen LogP contribution in [-0.2, 0) is 14.3 Å². The average Bonchev–Trinajstić information content (AvgIpc) is 3.17. The van der Waals surface area contributed by atoms with E-state index >= 15 is 0 Å². The van der Waals surface area contributed by atoms with Crippen molar-refractivity contribution in [2.75, 3.05) is 40.4 Å². The zero-order chi connectivity index (χ0) is 15.7. The fraction of sp³-hybridized carbons (Fsp3) is 0.769. The molecule has 3 N–H and O–H groups in total. The monoisotopic (exact) mass is 300 g/mol. The molecule has 8 heteroatoms. The van der Waals surface area contributed by atoms with Gasteiger partial charge in [-0.05, 0) is 26.3 Å². The Morgan fingerprint density at radius 1 is 1.19 bits per heavy atom. The minimum absolute atomic E-state index is 0.0103. The van der Waals surface area contributed by atoms with Gasteiger partial charge in [-0.3, -0.25) is 19.8 Å². The lowest BCUT2D eigenvalue weighted by Crippen LogP contribution is -2.46. The van der Waals surface area contributed by atoms with Crippen LogP contribution in [0.4, 0.5) is 4.79 Å². The Bertz CT molecular complexity index is 371. The highest BCUT2D eigenvalue weighted by molar-refractivity contribution is 5.95. The molecule has 0 aliphatic heterocycles. The molecule has 8 nitrogen and oxygen atoms in total. The van der Waals surface area contributed by atoms with Crippen LogP contribution in [0.1, 0.15) is 19.3 Å². The zero-order valence-corrected chi connectivity index (χ0v) is 12.6. The molecule has 0 saturated heterocycles. The maximum atomic E-state index is 11.6. The summed E-state index contributed by atoms with van der Waals surface area (Å²) >= 11 is 0. The molecule has 1 saturated carbocycles. The summed E-state index contributed by atoms with van der Waals surface area (Å²) in [5, 5.41) is 7.62. The van der Waals surface area contributed by atoms with Crippen LogP contribution in [-0.4, -0.2) is 69.2 Å². The predicted molar refractivity (Wildman–Crippen MR) is 76.7 cm³/mol. The number of urea groups is 1. The summed E-state index contributed by atoms with van der Waals surface area (Å²) in [4.78, 5) is 36.1. The number of carbonyl (C=O) groups is 3. The Labute approximate surface area is 124 Å². The van der Waals surface area contributed by atoms with E-state index in [1.807, 2.05) is 0 Å². The molecule has 0 aromatic carbocycles. The number of ether oxygens (including phenoxy) is 1. The SMILES string of the molecule is COCCCNC(=O)CN(C)CC(=O)NC(=O)NC1CC1. The Hall–Kier alpha value is -1.67. The van der Waals surface area contributed by atoms with Crippen LogP contribution in [0.15, 0.2) is 0 Å². The van der Waals surface area contributed by atoms with E-state index in [4.69, 9.17) is 4.74 Å². The number of amides is 4. The summed E-state index contributed by atoms with van der Waals surface area (Å²) in [6.45, 7) is 1.22. The van der Waals surface area contributed by atoms with Gasteiger partial charge in [0.2, 0.25) is 11.8 Å². The van der Waals surface area contributed by atoms with Gasteiger partial charge in [-0.1, -0.05) is 0 Å². The minimum Gasteiger partial charge on any atom is -0.385 e. The van der Waals surface area contributed by atoms with Gasteiger partial charge in [0, 0.05) is 26.3 Å². The van der Waals surface area contributed by atoms with E-state index in [1.165, 1.54) is 0 Å². The second-order valence-electron chi connectivity index (χ2n) is 5.16. The molecule has 120 valence electrons. The standard InChI is InChI=1S/C13H24N4O4/c1-17(8-11(18)14-6-3-7-21-2)9-12(19)16-13(20)15-10-4-5-10/h10H,3-9H2,1-2H3,(H,14,18)(H2,15,16,19,20). The molecule has 0 aromatic heterocycles. The van der Waals surface area contributed by atoms with E-state index in [2.05, 4.69) is 16.0 Å². The normalized spacial score (nSPS) is 13.9. The van der Waals surface area contributed by atoms with Crippen molar-refractivity contribution >= 4 is 17.8 Å². The first-order chi connectivity index (χ1) is 10.0. The van der Waals surface area contributed by atoms with Crippen LogP contribution < -0.4 is 16.0 Å². The van der Waals surface area contributed by atoms with Crippen molar-refractivity contribution in [3.63, 3.8) is 0 Å². The number of methoxy groups -OCH3 is 1. The number of carbonyl (C=O) groups excluding carboxylic acids is 3. The molecule has 1 fully saturated rings. The molecule has 1 rings (SSSR count). The fourth-order valence-corrected chi connectivity index (χ4v) is 1.66. The summed E-state index contributed by atoms with van der Waals surface area (Å²) < 4.78 is 4.87. The lowest BCUT2D eigenvalue weighted by atomic mass is 10.4. The van der Waals surface area contributed by atoms with Crippen molar-refractivity contribution in [2.24, 2.45) is 0 Å². The largest absolute Gasteiger partial charge is 0.385 e. The molecule has 4 amide bonds. The van der Waals surface area contributed by atoms with Gasteiger partial charge in [-0.2, -0.15) is 0 Å². The Morgan fingerprint density at radius 3 is 2.48 bits per heavy atom. The fourth-order valence-electron chi connectivity index (χ4n) is 1.66. The third kappa shape index (κ3) is 8.98. The number of imide groups is 1. The van der Waals surface area contributed by atoms with E-state index in [9.17, 15) is 14.4 Å². The van der Waals surface area contributed by atoms with Crippen LogP contribution >= 0.6 is 0 Å². The maximum Gasteiger partial charge on any atom is 0.321 e. The smallest absolute Gasteiger partial charge is 0.321 e. The van der Waals surface area contributed by atoms with Crippen molar-refractivity contribution in [2.45, 2.75) is 25.3 Å². The Balaban J connectivity index is 2.10. The zero-order valence-electron chi connectivity index (χ0n) is 12.6. The van der Waals surface area contributed by atoms with Crippen LogP contribution in [0.2, 0.25) is 0 Å². The molecule has 1 aliphatic carbocycles. The van der Waals surface area contributed by atoms with E-state index in [-0.39, 0.29) is 25.0 Å². The maximum absolute atomic E-state index is 11.6. The van der Waals surface area contributed by atoms with Crippen molar-refractivity contribution in [3.05, 3.63) is 0 Å². The van der Waals surface area contributed by atoms with Gasteiger partial charge in [0.15, 0.2) is 0 Å². The van der Waals surface area contributed by atoms with Crippen molar-refractivity contribution < 1.29 is 19.1 Å². The van der Waals surface area contributed by atoms with Gasteiger partial charge in [-0.15, -0.1) is 0 Å². The van der Waals surface area contributed by atoms with Gasteiger partial charge in [0.25, 0.3) is 0 Å². The number of nitrogens with one attached hydrogen (secondary N) is 3. The van der Waals surface area contributed by atoms with Crippen molar-refractivity contribution in [1.29, 1.82) is 0 Å². The molecule has 0 spiro atoms. The lowest BCUT2D eigenvalue weighted by Gasteiger charge is -2.15. The van der Waals surface area contributed by atoms with Crippen molar-refractivity contribution in [3.8, 4) is 0 Å². The molecule has 21 heavy (non-hydrogen) atoms. The number of rotatable bonds is 9. The third-order valence-corrected chi connectivity index (χ3v) is 2.84. The number of hydrogen-bond acceptors (Lipinski definition) is 5. The molecule has 0 unspecified atom stereocenters. The summed E-state index contributed by atoms with van der Waals surface area (Å²) in [5.41, 5.74) is 0. The highest BCUT2D eigenvalue weighted by Gasteiger charge is 2.24. The molecule has 0 aromatic rings. The average molecular weight is 300 g/mol. The van der Waals surface area contributed by atoms with Gasteiger partial charge in [-0.25, -0.2) is 4.79 Å². The molecule has 0 radical (unpaired) electrons. The number of hydrogen-bond donors (Lipinski definition) is 3. The predicted octanol–water partition coefficient (Wildman–Crippen LogP) is -0.941. The topological polar surface area (TPSA) is 99.8 Å². The lowest BCUT2D eigenvalue weighted by molar-refractivity contribution is -0.124. The number of likely N-dealkylation sites (N-methyl/N-ethyl adjacent to an activating group) is 1. The van der Waals surface area contributed by atoms with E-state index < -0.39 is 11.9 Å². The second-order valence-corrected chi connectivity index (χ2v) is 5.16. The summed E-state index contributed by atoms with van der Waals surface area (Å²) in [7, 11) is 3.25. The first kappa shape index (κ1) is 17.4. The van der Waals surface area contributed by atoms with Gasteiger partial charge >= 0.3 is 6.03 Å². The van der Waals surface area contributed by atoms with Gasteiger partial charge in [0.1, 0.15) is 0 Å². The third-order valence-electron chi connectivity index (χ3n) is 2.84. The van der Waals surface area contributed by atoms with E-state index in [1.54, 1.807) is 19.1 Å². The molecule has 1 aliphatic rings. The van der Waals surface area contributed by atoms with Gasteiger partial charge < -0.3 is 15.4 Å². The second kappa shape index (κ2) is 9.30. The molecular weight excluding hydrogens is 276 g/mol. The summed E-state index contributed by atoms with van der Waals surface area (Å²) in [6.07, 6.45) is 2.67. The summed E-state index contributed by atoms with van der Waals surface area (Å²) in [5.74, 6) is -0.591. The molecular formula is C13H24N4O4. The highest BCUT2D eigenvalue weighted by atomic mass is 16.5.